The average Bonchev–Trinajstić information content (AvgIpc) is 2.47. The minimum Gasteiger partial charge on any atom is -0.465 e. The van der Waals surface area contributed by atoms with Crippen molar-refractivity contribution in [2.45, 2.75) is 6.92 Å². The topological polar surface area (TPSA) is 91.2 Å². The van der Waals surface area contributed by atoms with E-state index in [1.54, 1.807) is 19.1 Å². The summed E-state index contributed by atoms with van der Waals surface area (Å²) in [6.07, 6.45) is 1.13. The predicted octanol–water partition coefficient (Wildman–Crippen LogP) is 2.49. The Hall–Kier alpha value is -2.23. The molecule has 0 heterocycles. The Morgan fingerprint density at radius 1 is 1.41 bits per heavy atom. The maximum atomic E-state index is 11.9. The number of nitrogens with zero attached hydrogens (tertiary/aromatic N) is 1. The lowest BCUT2D eigenvalue weighted by molar-refractivity contribution is -0.141. The second kappa shape index (κ2) is 8.93. The van der Waals surface area contributed by atoms with Gasteiger partial charge in [-0.2, -0.15) is 5.26 Å². The molecule has 1 aromatic carbocycles. The lowest BCUT2D eigenvalue weighted by Gasteiger charge is -2.07. The van der Waals surface area contributed by atoms with Gasteiger partial charge in [-0.15, -0.1) is 0 Å². The van der Waals surface area contributed by atoms with E-state index in [1.807, 2.05) is 0 Å². The number of nitriles is 1. The van der Waals surface area contributed by atoms with E-state index < -0.39 is 11.9 Å². The zero-order valence-corrected chi connectivity index (χ0v) is 13.2. The molecule has 1 amide bonds. The first kappa shape index (κ1) is 17.8. The molecular formula is C14H13Cl2N3O3. The molecule has 0 saturated carbocycles. The number of ether oxygens (including phenoxy) is 1. The second-order valence-corrected chi connectivity index (χ2v) is 4.78. The smallest absolute Gasteiger partial charge is 0.325 e. The fraction of sp³-hybridized carbons (Fsp3) is 0.214. The Labute approximate surface area is 137 Å². The quantitative estimate of drug-likeness (QED) is 0.471. The van der Waals surface area contributed by atoms with Crippen molar-refractivity contribution in [2.24, 2.45) is 0 Å². The molecule has 8 heteroatoms. The van der Waals surface area contributed by atoms with Crippen LogP contribution in [0.25, 0.3) is 0 Å². The number of nitrogens with one attached hydrogen (secondary N) is 2. The van der Waals surface area contributed by atoms with Gasteiger partial charge in [0.1, 0.15) is 18.2 Å². The van der Waals surface area contributed by atoms with Crippen LogP contribution in [-0.2, 0) is 14.3 Å². The van der Waals surface area contributed by atoms with Crippen LogP contribution >= 0.6 is 23.2 Å². The van der Waals surface area contributed by atoms with Crippen LogP contribution in [0.15, 0.2) is 30.0 Å². The number of esters is 1. The Bertz CT molecular complexity index is 639. The van der Waals surface area contributed by atoms with Crippen LogP contribution in [0, 0.1) is 11.3 Å². The fourth-order valence-electron chi connectivity index (χ4n) is 1.38. The molecule has 22 heavy (non-hydrogen) atoms. The van der Waals surface area contributed by atoms with Crippen LogP contribution in [0.3, 0.4) is 0 Å². The van der Waals surface area contributed by atoms with Crippen LogP contribution < -0.4 is 10.6 Å². The van der Waals surface area contributed by atoms with Crippen molar-refractivity contribution in [3.63, 3.8) is 0 Å². The van der Waals surface area contributed by atoms with Gasteiger partial charge in [-0.25, -0.2) is 0 Å². The third-order valence-electron chi connectivity index (χ3n) is 2.34. The maximum absolute atomic E-state index is 11.9. The highest BCUT2D eigenvalue weighted by Crippen LogP contribution is 2.25. The first-order valence-electron chi connectivity index (χ1n) is 6.23. The molecule has 0 bridgehead atoms. The number of carbonyl (C=O) groups excluding carboxylic acids is 2. The summed E-state index contributed by atoms with van der Waals surface area (Å²) < 4.78 is 4.70. The molecule has 6 nitrogen and oxygen atoms in total. The van der Waals surface area contributed by atoms with Gasteiger partial charge in [-0.3, -0.25) is 9.59 Å². The molecule has 0 aliphatic heterocycles. The monoisotopic (exact) mass is 341 g/mol. The van der Waals surface area contributed by atoms with E-state index in [0.29, 0.717) is 5.02 Å². The standard InChI is InChI=1S/C14H13Cl2N3O3/c1-2-22-13(20)8-18-7-9(6-17)14(21)19-12-5-10(15)3-4-11(12)16/h3-5,7,18H,2,8H2,1H3,(H,19,21)/b9-7-. The van der Waals surface area contributed by atoms with Crippen molar-refractivity contribution in [1.82, 2.24) is 5.32 Å². The summed E-state index contributed by atoms with van der Waals surface area (Å²) in [6.45, 7) is 1.78. The first-order chi connectivity index (χ1) is 10.5. The van der Waals surface area contributed by atoms with Crippen molar-refractivity contribution in [1.29, 1.82) is 5.26 Å². The first-order valence-corrected chi connectivity index (χ1v) is 6.99. The predicted molar refractivity (Wildman–Crippen MR) is 83.4 cm³/mol. The zero-order chi connectivity index (χ0) is 16.5. The van der Waals surface area contributed by atoms with E-state index in [9.17, 15) is 9.59 Å². The molecule has 116 valence electrons. The molecule has 0 fully saturated rings. The van der Waals surface area contributed by atoms with Crippen LogP contribution in [0.1, 0.15) is 6.92 Å². The van der Waals surface area contributed by atoms with Crippen molar-refractivity contribution in [2.75, 3.05) is 18.5 Å². The lowest BCUT2D eigenvalue weighted by atomic mass is 10.2. The largest absolute Gasteiger partial charge is 0.465 e. The van der Waals surface area contributed by atoms with Crippen LogP contribution in [0.5, 0.6) is 0 Å². The van der Waals surface area contributed by atoms with Crippen molar-refractivity contribution >= 4 is 40.8 Å². The van der Waals surface area contributed by atoms with E-state index >= 15 is 0 Å². The second-order valence-electron chi connectivity index (χ2n) is 3.93. The third-order valence-corrected chi connectivity index (χ3v) is 2.90. The molecule has 0 aliphatic rings. The van der Waals surface area contributed by atoms with Gasteiger partial charge in [0.05, 0.1) is 17.3 Å². The minimum atomic E-state index is -0.678. The number of carbonyl (C=O) groups is 2. The van der Waals surface area contributed by atoms with E-state index in [4.69, 9.17) is 33.2 Å². The summed E-state index contributed by atoms with van der Waals surface area (Å²) in [5, 5.41) is 14.6. The van der Waals surface area contributed by atoms with Crippen LogP contribution in [0.4, 0.5) is 5.69 Å². The Morgan fingerprint density at radius 3 is 2.77 bits per heavy atom. The summed E-state index contributed by atoms with van der Waals surface area (Å²) in [5.41, 5.74) is 0.0612. The molecule has 0 aromatic heterocycles. The van der Waals surface area contributed by atoms with E-state index in [-0.39, 0.29) is 29.4 Å². The summed E-state index contributed by atoms with van der Waals surface area (Å²) in [5.74, 6) is -1.17. The molecule has 0 aliphatic carbocycles. The van der Waals surface area contributed by atoms with E-state index in [1.165, 1.54) is 12.1 Å². The van der Waals surface area contributed by atoms with Crippen molar-refractivity contribution in [3.05, 3.63) is 40.0 Å². The number of benzene rings is 1. The molecule has 1 aromatic rings. The molecular weight excluding hydrogens is 329 g/mol. The molecule has 0 unspecified atom stereocenters. The average molecular weight is 342 g/mol. The Morgan fingerprint density at radius 2 is 2.14 bits per heavy atom. The number of hydrogen-bond acceptors (Lipinski definition) is 5. The Balaban J connectivity index is 2.70. The van der Waals surface area contributed by atoms with E-state index in [0.717, 1.165) is 6.20 Å². The number of amides is 1. The highest BCUT2D eigenvalue weighted by molar-refractivity contribution is 6.35. The number of hydrogen-bond donors (Lipinski definition) is 2. The highest BCUT2D eigenvalue weighted by Gasteiger charge is 2.12. The van der Waals surface area contributed by atoms with E-state index in [2.05, 4.69) is 10.6 Å². The summed E-state index contributed by atoms with van der Waals surface area (Å²) in [6, 6.07) is 6.27. The fourth-order valence-corrected chi connectivity index (χ4v) is 1.72. The van der Waals surface area contributed by atoms with Gasteiger partial charge in [0.25, 0.3) is 5.91 Å². The molecule has 0 radical (unpaired) electrons. The SMILES string of the molecule is CCOC(=O)CN/C=C(/C#N)C(=O)Nc1cc(Cl)ccc1Cl. The van der Waals surface area contributed by atoms with Gasteiger partial charge in [-0.05, 0) is 25.1 Å². The van der Waals surface area contributed by atoms with Gasteiger partial charge in [0.2, 0.25) is 0 Å². The molecule has 0 atom stereocenters. The molecule has 0 saturated heterocycles. The van der Waals surface area contributed by atoms with Crippen molar-refractivity contribution < 1.29 is 14.3 Å². The van der Waals surface area contributed by atoms with Gasteiger partial charge in [0.15, 0.2) is 0 Å². The molecule has 2 N–H and O–H groups in total. The number of anilines is 1. The molecule has 1 rings (SSSR count). The summed E-state index contributed by atoms with van der Waals surface area (Å²) in [7, 11) is 0. The zero-order valence-electron chi connectivity index (χ0n) is 11.7. The van der Waals surface area contributed by atoms with Gasteiger partial charge >= 0.3 is 5.97 Å². The highest BCUT2D eigenvalue weighted by atomic mass is 35.5. The normalized spacial score (nSPS) is 10.5. The minimum absolute atomic E-state index is 0.149. The van der Waals surface area contributed by atoms with Crippen LogP contribution in [0.2, 0.25) is 10.0 Å². The number of rotatable bonds is 6. The van der Waals surface area contributed by atoms with Gasteiger partial charge < -0.3 is 15.4 Å². The third kappa shape index (κ3) is 5.64. The molecule has 0 spiro atoms. The number of halogens is 2. The van der Waals surface area contributed by atoms with Gasteiger partial charge in [-0.1, -0.05) is 23.2 Å². The van der Waals surface area contributed by atoms with Crippen molar-refractivity contribution in [3.8, 4) is 6.07 Å². The summed E-state index contributed by atoms with van der Waals surface area (Å²) in [4.78, 5) is 23.1. The lowest BCUT2D eigenvalue weighted by Crippen LogP contribution is -2.22. The summed E-state index contributed by atoms with van der Waals surface area (Å²) >= 11 is 11.7. The van der Waals surface area contributed by atoms with Gasteiger partial charge in [0, 0.05) is 11.2 Å². The van der Waals surface area contributed by atoms with Crippen LogP contribution in [-0.4, -0.2) is 25.0 Å². The maximum Gasteiger partial charge on any atom is 0.325 e. The Kier molecular flexibility index (Phi) is 7.23.